The Hall–Kier alpha value is -0.330. The summed E-state index contributed by atoms with van der Waals surface area (Å²) < 4.78 is 6.40. The van der Waals surface area contributed by atoms with Crippen molar-refractivity contribution < 1.29 is 4.74 Å². The van der Waals surface area contributed by atoms with Crippen LogP contribution in [0.5, 0.6) is 0 Å². The van der Waals surface area contributed by atoms with Gasteiger partial charge in [-0.25, -0.2) is 0 Å². The fraction of sp³-hybridized carbons (Fsp3) is 0.800. The number of aromatic nitrogens is 2. The van der Waals surface area contributed by atoms with Gasteiger partial charge >= 0.3 is 0 Å². The van der Waals surface area contributed by atoms with Crippen LogP contribution < -0.4 is 4.90 Å². The third-order valence-electron chi connectivity index (χ3n) is 2.55. The molecule has 0 aliphatic carbocycles. The summed E-state index contributed by atoms with van der Waals surface area (Å²) >= 11 is 3.51. The average molecular weight is 259 g/mol. The Kier molecular flexibility index (Phi) is 4.43. The lowest BCUT2D eigenvalue weighted by Gasteiger charge is -2.25. The summed E-state index contributed by atoms with van der Waals surface area (Å²) in [6.07, 6.45) is 1.16. The van der Waals surface area contributed by atoms with Crippen molar-refractivity contribution in [2.75, 3.05) is 31.2 Å². The Bertz CT molecular complexity index is 326. The SMILES string of the molecule is CCC(C)Sc1nnc(N2CCOCC2)s1. The standard InChI is InChI=1S/C10H17N3OS2/c1-3-8(2)15-10-12-11-9(16-10)13-4-6-14-7-5-13/h8H,3-7H2,1-2H3. The van der Waals surface area contributed by atoms with Gasteiger partial charge in [-0.1, -0.05) is 36.9 Å². The number of ether oxygens (including phenoxy) is 1. The highest BCUT2D eigenvalue weighted by atomic mass is 32.2. The van der Waals surface area contributed by atoms with Crippen LogP contribution in [0.2, 0.25) is 0 Å². The van der Waals surface area contributed by atoms with Gasteiger partial charge in [-0.2, -0.15) is 0 Å². The first-order chi connectivity index (χ1) is 7.79. The molecule has 0 N–H and O–H groups in total. The Morgan fingerprint density at radius 3 is 2.88 bits per heavy atom. The fourth-order valence-electron chi connectivity index (χ4n) is 1.39. The summed E-state index contributed by atoms with van der Waals surface area (Å²) in [5.74, 6) is 0. The Morgan fingerprint density at radius 1 is 1.44 bits per heavy atom. The maximum Gasteiger partial charge on any atom is 0.209 e. The minimum Gasteiger partial charge on any atom is -0.378 e. The lowest BCUT2D eigenvalue weighted by atomic mass is 10.4. The summed E-state index contributed by atoms with van der Waals surface area (Å²) in [5.41, 5.74) is 0. The van der Waals surface area contributed by atoms with E-state index >= 15 is 0 Å². The molecule has 1 aliphatic rings. The van der Waals surface area contributed by atoms with Crippen LogP contribution in [0, 0.1) is 0 Å². The lowest BCUT2D eigenvalue weighted by molar-refractivity contribution is 0.122. The number of rotatable bonds is 4. The van der Waals surface area contributed by atoms with Crippen LogP contribution in [0.3, 0.4) is 0 Å². The minimum absolute atomic E-state index is 0.616. The molecule has 1 atom stereocenters. The van der Waals surface area contributed by atoms with Crippen molar-refractivity contribution in [2.45, 2.75) is 29.9 Å². The van der Waals surface area contributed by atoms with Crippen LogP contribution in [0.15, 0.2) is 4.34 Å². The molecule has 0 spiro atoms. The van der Waals surface area contributed by atoms with Gasteiger partial charge in [0.2, 0.25) is 5.13 Å². The van der Waals surface area contributed by atoms with Crippen molar-refractivity contribution in [3.05, 3.63) is 0 Å². The topological polar surface area (TPSA) is 38.2 Å². The quantitative estimate of drug-likeness (QED) is 0.776. The monoisotopic (exact) mass is 259 g/mol. The highest BCUT2D eigenvalue weighted by molar-refractivity contribution is 8.01. The van der Waals surface area contributed by atoms with E-state index in [0.29, 0.717) is 5.25 Å². The predicted octanol–water partition coefficient (Wildman–Crippen LogP) is 2.27. The molecule has 6 heteroatoms. The largest absolute Gasteiger partial charge is 0.378 e. The maximum absolute atomic E-state index is 5.32. The molecule has 1 saturated heterocycles. The molecule has 0 amide bonds. The fourth-order valence-corrected chi connectivity index (χ4v) is 3.53. The Morgan fingerprint density at radius 2 is 2.19 bits per heavy atom. The molecule has 0 aromatic carbocycles. The molecule has 1 aromatic rings. The van der Waals surface area contributed by atoms with E-state index in [1.54, 1.807) is 11.3 Å². The van der Waals surface area contributed by atoms with E-state index < -0.39 is 0 Å². The van der Waals surface area contributed by atoms with E-state index in [-0.39, 0.29) is 0 Å². The second-order valence-corrected chi connectivity index (χ2v) is 6.43. The van der Waals surface area contributed by atoms with Crippen molar-refractivity contribution in [1.29, 1.82) is 0 Å². The summed E-state index contributed by atoms with van der Waals surface area (Å²) in [6.45, 7) is 7.88. The molecule has 4 nitrogen and oxygen atoms in total. The van der Waals surface area contributed by atoms with Gasteiger partial charge in [0.25, 0.3) is 0 Å². The van der Waals surface area contributed by atoms with E-state index in [9.17, 15) is 0 Å². The number of nitrogens with zero attached hydrogens (tertiary/aromatic N) is 3. The normalized spacial score (nSPS) is 18.8. The molecule has 1 unspecified atom stereocenters. The molecule has 1 aliphatic heterocycles. The van der Waals surface area contributed by atoms with Crippen molar-refractivity contribution >= 4 is 28.2 Å². The molecule has 2 rings (SSSR count). The second kappa shape index (κ2) is 5.84. The smallest absolute Gasteiger partial charge is 0.209 e. The molecule has 0 bridgehead atoms. The first kappa shape index (κ1) is 12.1. The van der Waals surface area contributed by atoms with Crippen molar-refractivity contribution in [2.24, 2.45) is 0 Å². The van der Waals surface area contributed by atoms with E-state index in [0.717, 1.165) is 42.2 Å². The summed E-state index contributed by atoms with van der Waals surface area (Å²) in [6, 6.07) is 0. The van der Waals surface area contributed by atoms with Gasteiger partial charge in [-0.15, -0.1) is 10.2 Å². The van der Waals surface area contributed by atoms with Crippen LogP contribution in [-0.4, -0.2) is 41.8 Å². The zero-order valence-electron chi connectivity index (χ0n) is 9.68. The van der Waals surface area contributed by atoms with Crippen molar-refractivity contribution in [3.63, 3.8) is 0 Å². The van der Waals surface area contributed by atoms with Crippen LogP contribution in [-0.2, 0) is 4.74 Å². The third-order valence-corrected chi connectivity index (χ3v) is 4.89. The summed E-state index contributed by atoms with van der Waals surface area (Å²) in [4.78, 5) is 2.25. The van der Waals surface area contributed by atoms with Crippen molar-refractivity contribution in [3.8, 4) is 0 Å². The van der Waals surface area contributed by atoms with Gasteiger partial charge in [0.05, 0.1) is 13.2 Å². The van der Waals surface area contributed by atoms with Gasteiger partial charge in [0.15, 0.2) is 4.34 Å². The minimum atomic E-state index is 0.616. The molecule has 16 heavy (non-hydrogen) atoms. The van der Waals surface area contributed by atoms with Crippen molar-refractivity contribution in [1.82, 2.24) is 10.2 Å². The first-order valence-corrected chi connectivity index (χ1v) is 7.32. The van der Waals surface area contributed by atoms with Gasteiger partial charge in [0, 0.05) is 18.3 Å². The number of hydrogen-bond donors (Lipinski definition) is 0. The zero-order valence-corrected chi connectivity index (χ0v) is 11.3. The molecule has 0 saturated carbocycles. The second-order valence-electron chi connectivity index (χ2n) is 3.79. The average Bonchev–Trinajstić information content (AvgIpc) is 2.78. The summed E-state index contributed by atoms with van der Waals surface area (Å²) in [5, 5.41) is 10.1. The van der Waals surface area contributed by atoms with Gasteiger partial charge in [-0.05, 0) is 6.42 Å². The highest BCUT2D eigenvalue weighted by Crippen LogP contribution is 2.31. The van der Waals surface area contributed by atoms with E-state index in [4.69, 9.17) is 4.74 Å². The Balaban J connectivity index is 1.95. The number of morpholine rings is 1. The van der Waals surface area contributed by atoms with E-state index in [1.807, 2.05) is 11.8 Å². The molecule has 90 valence electrons. The van der Waals surface area contributed by atoms with Crippen LogP contribution in [0.25, 0.3) is 0 Å². The van der Waals surface area contributed by atoms with Gasteiger partial charge in [-0.3, -0.25) is 0 Å². The molecular weight excluding hydrogens is 242 g/mol. The highest BCUT2D eigenvalue weighted by Gasteiger charge is 2.16. The molecule has 2 heterocycles. The first-order valence-electron chi connectivity index (χ1n) is 5.62. The molecule has 0 radical (unpaired) electrons. The molecule has 1 fully saturated rings. The van der Waals surface area contributed by atoms with Crippen LogP contribution >= 0.6 is 23.1 Å². The predicted molar refractivity (Wildman–Crippen MR) is 68.6 cm³/mol. The van der Waals surface area contributed by atoms with Gasteiger partial charge in [0.1, 0.15) is 0 Å². The number of hydrogen-bond acceptors (Lipinski definition) is 6. The molecular formula is C10H17N3OS2. The van der Waals surface area contributed by atoms with Crippen LogP contribution in [0.1, 0.15) is 20.3 Å². The van der Waals surface area contributed by atoms with E-state index in [2.05, 4.69) is 28.9 Å². The van der Waals surface area contributed by atoms with Gasteiger partial charge < -0.3 is 9.64 Å². The molecule has 1 aromatic heterocycles. The third kappa shape index (κ3) is 3.09. The summed E-state index contributed by atoms with van der Waals surface area (Å²) in [7, 11) is 0. The maximum atomic E-state index is 5.32. The van der Waals surface area contributed by atoms with Crippen LogP contribution in [0.4, 0.5) is 5.13 Å². The number of thioether (sulfide) groups is 1. The lowest BCUT2D eigenvalue weighted by Crippen LogP contribution is -2.36. The van der Waals surface area contributed by atoms with E-state index in [1.165, 1.54) is 0 Å². The Labute approximate surface area is 104 Å². The number of anilines is 1. The zero-order chi connectivity index (χ0) is 11.4.